The number of alkyl halides is 1. The van der Waals surface area contributed by atoms with Crippen molar-refractivity contribution in [3.63, 3.8) is 0 Å². The second-order valence-corrected chi connectivity index (χ2v) is 5.05. The van der Waals surface area contributed by atoms with Gasteiger partial charge in [0.2, 0.25) is 0 Å². The molecule has 0 nitrogen and oxygen atoms in total. The van der Waals surface area contributed by atoms with Gasteiger partial charge < -0.3 is 0 Å². The first-order valence-electron chi connectivity index (χ1n) is 6.61. The van der Waals surface area contributed by atoms with E-state index in [1.54, 1.807) is 0 Å². The topological polar surface area (TPSA) is 0 Å². The number of allylic oxidation sites excluding steroid dienone is 2. The molecule has 94 valence electrons. The van der Waals surface area contributed by atoms with Gasteiger partial charge in [0, 0.05) is 6.42 Å². The molecule has 0 aliphatic rings. The second-order valence-electron chi connectivity index (χ2n) is 3.97. The van der Waals surface area contributed by atoms with Crippen LogP contribution < -0.4 is 0 Å². The fourth-order valence-corrected chi connectivity index (χ4v) is 1.86. The maximum atomic E-state index is 3.08. The third-order valence-electron chi connectivity index (χ3n) is 2.33. The maximum absolute atomic E-state index is 3.08. The molecule has 0 aromatic rings. The molecule has 0 saturated carbocycles. The smallest absolute Gasteiger partial charge is 0.00991 e. The molecule has 0 unspecified atom stereocenters. The van der Waals surface area contributed by atoms with Crippen LogP contribution in [0.5, 0.6) is 0 Å². The van der Waals surface area contributed by atoms with Crippen LogP contribution in [0.2, 0.25) is 0 Å². The molecule has 0 spiro atoms. The minimum Gasteiger partial charge on any atom is -0.0891 e. The van der Waals surface area contributed by atoms with Crippen molar-refractivity contribution in [3.05, 3.63) is 12.2 Å². The standard InChI is InChI=1S/C16H23I/c1-2-3-4-5-6-7-8-9-10-11-12-13-14-15-16-17/h7-8H,2-6,13-16H2,1H3/b8-7+. The van der Waals surface area contributed by atoms with Crippen molar-refractivity contribution < 1.29 is 0 Å². The predicted molar refractivity (Wildman–Crippen MR) is 86.2 cm³/mol. The van der Waals surface area contributed by atoms with Crippen molar-refractivity contribution in [2.24, 2.45) is 0 Å². The zero-order valence-corrected chi connectivity index (χ0v) is 13.1. The quantitative estimate of drug-likeness (QED) is 0.248. The van der Waals surface area contributed by atoms with E-state index in [1.165, 1.54) is 43.0 Å². The molecular formula is C16H23I. The SMILES string of the molecule is CCCCCC/C=C/C#CC#CCCCCI. The summed E-state index contributed by atoms with van der Waals surface area (Å²) in [4.78, 5) is 0. The monoisotopic (exact) mass is 342 g/mol. The van der Waals surface area contributed by atoms with Crippen LogP contribution in [-0.4, -0.2) is 4.43 Å². The summed E-state index contributed by atoms with van der Waals surface area (Å²) in [6.07, 6.45) is 14.0. The van der Waals surface area contributed by atoms with E-state index in [2.05, 4.69) is 59.3 Å². The minimum atomic E-state index is 0.985. The summed E-state index contributed by atoms with van der Waals surface area (Å²) in [5, 5.41) is 0. The Labute approximate surface area is 121 Å². The third-order valence-corrected chi connectivity index (χ3v) is 3.10. The van der Waals surface area contributed by atoms with Crippen molar-refractivity contribution in [1.82, 2.24) is 0 Å². The molecule has 0 amide bonds. The fraction of sp³-hybridized carbons (Fsp3) is 0.625. The molecule has 0 aromatic carbocycles. The lowest BCUT2D eigenvalue weighted by molar-refractivity contribution is 0.674. The van der Waals surface area contributed by atoms with E-state index in [0.717, 1.165) is 12.8 Å². The largest absolute Gasteiger partial charge is 0.0891 e. The summed E-state index contributed by atoms with van der Waals surface area (Å²) in [6.45, 7) is 2.24. The summed E-state index contributed by atoms with van der Waals surface area (Å²) in [5.74, 6) is 11.8. The zero-order valence-electron chi connectivity index (χ0n) is 10.9. The third kappa shape index (κ3) is 15.6. The molecule has 0 aliphatic heterocycles. The van der Waals surface area contributed by atoms with Crippen LogP contribution in [0.15, 0.2) is 12.2 Å². The van der Waals surface area contributed by atoms with Crippen LogP contribution in [0.3, 0.4) is 0 Å². The molecule has 0 aromatic heterocycles. The molecular weight excluding hydrogens is 319 g/mol. The van der Waals surface area contributed by atoms with E-state index in [9.17, 15) is 0 Å². The lowest BCUT2D eigenvalue weighted by Crippen LogP contribution is -1.73. The average molecular weight is 342 g/mol. The summed E-state index contributed by atoms with van der Waals surface area (Å²) in [5.41, 5.74) is 0. The van der Waals surface area contributed by atoms with Gasteiger partial charge in [-0.1, -0.05) is 66.7 Å². The molecule has 0 rings (SSSR count). The molecule has 0 radical (unpaired) electrons. The first-order valence-corrected chi connectivity index (χ1v) is 8.13. The second kappa shape index (κ2) is 15.6. The van der Waals surface area contributed by atoms with Crippen molar-refractivity contribution in [2.75, 3.05) is 4.43 Å². The molecule has 0 N–H and O–H groups in total. The fourth-order valence-electron chi connectivity index (χ4n) is 1.32. The average Bonchev–Trinajstić information content (AvgIpc) is 2.35. The van der Waals surface area contributed by atoms with E-state index in [4.69, 9.17) is 0 Å². The summed E-state index contributed by atoms with van der Waals surface area (Å²) >= 11 is 2.40. The van der Waals surface area contributed by atoms with E-state index < -0.39 is 0 Å². The van der Waals surface area contributed by atoms with Gasteiger partial charge in [-0.3, -0.25) is 0 Å². The Morgan fingerprint density at radius 1 is 1.00 bits per heavy atom. The van der Waals surface area contributed by atoms with E-state index in [-0.39, 0.29) is 0 Å². The predicted octanol–water partition coefficient (Wildman–Crippen LogP) is 5.13. The highest BCUT2D eigenvalue weighted by Gasteiger charge is 1.83. The van der Waals surface area contributed by atoms with Gasteiger partial charge in [-0.05, 0) is 48.0 Å². The van der Waals surface area contributed by atoms with Crippen LogP contribution in [0, 0.1) is 23.7 Å². The zero-order chi connectivity index (χ0) is 12.6. The molecule has 0 bridgehead atoms. The minimum absolute atomic E-state index is 0.985. The first-order chi connectivity index (χ1) is 8.41. The van der Waals surface area contributed by atoms with E-state index in [1.807, 2.05) is 6.08 Å². The molecule has 0 aliphatic carbocycles. The Hall–Kier alpha value is -0.410. The lowest BCUT2D eigenvalue weighted by Gasteiger charge is -1.92. The number of halogens is 1. The van der Waals surface area contributed by atoms with Crippen LogP contribution >= 0.6 is 22.6 Å². The molecule has 0 fully saturated rings. The van der Waals surface area contributed by atoms with Gasteiger partial charge in [0.1, 0.15) is 0 Å². The Bertz CT molecular complexity index is 293. The van der Waals surface area contributed by atoms with Crippen LogP contribution in [0.25, 0.3) is 0 Å². The van der Waals surface area contributed by atoms with Crippen LogP contribution in [0.1, 0.15) is 58.3 Å². The van der Waals surface area contributed by atoms with Crippen molar-refractivity contribution in [1.29, 1.82) is 0 Å². The van der Waals surface area contributed by atoms with Gasteiger partial charge in [0.15, 0.2) is 0 Å². The summed E-state index contributed by atoms with van der Waals surface area (Å²) in [7, 11) is 0. The van der Waals surface area contributed by atoms with E-state index in [0.29, 0.717) is 0 Å². The number of unbranched alkanes of at least 4 members (excludes halogenated alkanes) is 6. The Morgan fingerprint density at radius 3 is 2.65 bits per heavy atom. The highest BCUT2D eigenvalue weighted by Crippen LogP contribution is 2.02. The molecule has 0 heterocycles. The van der Waals surface area contributed by atoms with Crippen LogP contribution in [-0.2, 0) is 0 Å². The summed E-state index contributed by atoms with van der Waals surface area (Å²) < 4.78 is 1.23. The maximum Gasteiger partial charge on any atom is 0.00991 e. The van der Waals surface area contributed by atoms with Crippen molar-refractivity contribution >= 4 is 22.6 Å². The number of rotatable bonds is 8. The molecule has 0 saturated heterocycles. The van der Waals surface area contributed by atoms with Gasteiger partial charge in [-0.2, -0.15) is 0 Å². The van der Waals surface area contributed by atoms with Gasteiger partial charge in [-0.25, -0.2) is 0 Å². The molecule has 17 heavy (non-hydrogen) atoms. The first kappa shape index (κ1) is 16.6. The van der Waals surface area contributed by atoms with Gasteiger partial charge in [0.05, 0.1) is 0 Å². The van der Waals surface area contributed by atoms with Gasteiger partial charge >= 0.3 is 0 Å². The normalized spacial score (nSPS) is 9.53. The number of hydrogen-bond acceptors (Lipinski definition) is 0. The molecule has 0 atom stereocenters. The number of hydrogen-bond donors (Lipinski definition) is 0. The Kier molecular flexibility index (Phi) is 15.2. The van der Waals surface area contributed by atoms with E-state index >= 15 is 0 Å². The van der Waals surface area contributed by atoms with Gasteiger partial charge in [0.25, 0.3) is 0 Å². The summed E-state index contributed by atoms with van der Waals surface area (Å²) in [6, 6.07) is 0. The van der Waals surface area contributed by atoms with Gasteiger partial charge in [-0.15, -0.1) is 0 Å². The highest BCUT2D eigenvalue weighted by atomic mass is 127. The van der Waals surface area contributed by atoms with Crippen molar-refractivity contribution in [3.8, 4) is 23.7 Å². The lowest BCUT2D eigenvalue weighted by atomic mass is 10.1. The highest BCUT2D eigenvalue weighted by molar-refractivity contribution is 14.1. The Balaban J connectivity index is 3.42. The Morgan fingerprint density at radius 2 is 1.88 bits per heavy atom. The molecule has 1 heteroatoms. The van der Waals surface area contributed by atoms with Crippen LogP contribution in [0.4, 0.5) is 0 Å². The van der Waals surface area contributed by atoms with Crippen molar-refractivity contribution in [2.45, 2.75) is 58.3 Å².